The maximum atomic E-state index is 15.2. The highest BCUT2D eigenvalue weighted by Crippen LogP contribution is 2.66. The number of benzene rings is 3. The Morgan fingerprint density at radius 2 is 1.36 bits per heavy atom. The van der Waals surface area contributed by atoms with Crippen molar-refractivity contribution < 1.29 is 60.5 Å². The molecule has 2 aliphatic heterocycles. The Bertz CT molecular complexity index is 2370. The molecule has 3 fully saturated rings. The van der Waals surface area contributed by atoms with Gasteiger partial charge in [0.1, 0.15) is 5.69 Å². The molecule has 0 bridgehead atoms. The predicted octanol–water partition coefficient (Wildman–Crippen LogP) is 5.88. The Hall–Kier alpha value is -5.76. The van der Waals surface area contributed by atoms with Crippen LogP contribution in [0.15, 0.2) is 42.0 Å². The molecule has 4 amide bonds. The number of rotatable bonds is 6. The van der Waals surface area contributed by atoms with E-state index in [4.69, 9.17) is 23.2 Å². The Kier molecular flexibility index (Phi) is 8.69. The predicted molar refractivity (Wildman–Crippen MR) is 181 cm³/mol. The number of imide groups is 2. The first-order valence-corrected chi connectivity index (χ1v) is 16.9. The molecule has 56 heavy (non-hydrogen) atoms. The van der Waals surface area contributed by atoms with Gasteiger partial charge < -0.3 is 10.0 Å². The summed E-state index contributed by atoms with van der Waals surface area (Å²) in [5, 5.41) is 34.1. The third-order valence-electron chi connectivity index (χ3n) is 10.7. The van der Waals surface area contributed by atoms with E-state index in [2.05, 4.69) is 0 Å². The van der Waals surface area contributed by atoms with Gasteiger partial charge in [-0.3, -0.25) is 39.4 Å². The second-order valence-electron chi connectivity index (χ2n) is 13.7. The van der Waals surface area contributed by atoms with Crippen LogP contribution in [0.3, 0.4) is 0 Å². The van der Waals surface area contributed by atoms with E-state index in [1.807, 2.05) is 0 Å². The first-order chi connectivity index (χ1) is 26.1. The number of carbonyl (C=O) groups is 4. The molecule has 2 saturated heterocycles. The van der Waals surface area contributed by atoms with Crippen LogP contribution in [0.4, 0.5) is 54.8 Å². The second kappa shape index (κ2) is 12.6. The Labute approximate surface area is 318 Å². The molecule has 4 aliphatic rings. The second-order valence-corrected chi connectivity index (χ2v) is 14.9. The number of phenols is 1. The number of alkyl halides is 2. The number of carbonyl (C=O) groups excluding carboxylic acids is 4. The molecule has 3 aromatic carbocycles. The minimum Gasteiger partial charge on any atom is -0.505 e. The molecule has 6 unspecified atom stereocenters. The zero-order valence-electron chi connectivity index (χ0n) is 28.2. The number of aromatic hydroxyl groups is 1. The molecule has 14 nitrogen and oxygen atoms in total. The van der Waals surface area contributed by atoms with Gasteiger partial charge in [0.05, 0.1) is 27.4 Å². The number of nitro benzene ring substituents is 2. The maximum absolute atomic E-state index is 15.2. The van der Waals surface area contributed by atoms with E-state index in [0.717, 1.165) is 29.2 Å². The summed E-state index contributed by atoms with van der Waals surface area (Å²) in [7, 11) is 2.56. The molecule has 22 heteroatoms. The van der Waals surface area contributed by atoms with Crippen LogP contribution in [0.2, 0.25) is 0 Å². The van der Waals surface area contributed by atoms with Gasteiger partial charge in [-0.05, 0) is 36.5 Å². The molecule has 1 N–H and O–H groups in total. The van der Waals surface area contributed by atoms with Crippen LogP contribution >= 0.6 is 23.2 Å². The summed E-state index contributed by atoms with van der Waals surface area (Å²) in [6.07, 6.45) is 0.0149. The van der Waals surface area contributed by atoms with E-state index in [0.29, 0.717) is 11.0 Å². The van der Waals surface area contributed by atoms with Crippen LogP contribution in [0, 0.1) is 72.9 Å². The first-order valence-electron chi connectivity index (χ1n) is 16.1. The van der Waals surface area contributed by atoms with Crippen molar-refractivity contribution in [2.45, 2.75) is 28.5 Å². The number of hydrogen-bond acceptors (Lipinski definition) is 10. The third kappa shape index (κ3) is 4.90. The molecular weight excluding hydrogens is 807 g/mol. The lowest BCUT2D eigenvalue weighted by Gasteiger charge is -2.50. The summed E-state index contributed by atoms with van der Waals surface area (Å²) in [4.78, 5) is 74.4. The number of anilines is 3. The molecule has 1 saturated carbocycles. The molecule has 292 valence electrons. The van der Waals surface area contributed by atoms with Gasteiger partial charge >= 0.3 is 11.4 Å². The quantitative estimate of drug-likeness (QED) is 0.0460. The van der Waals surface area contributed by atoms with Crippen molar-refractivity contribution in [3.05, 3.63) is 103 Å². The van der Waals surface area contributed by atoms with Crippen LogP contribution in [-0.4, -0.2) is 62.4 Å². The number of nitro groups is 2. The van der Waals surface area contributed by atoms with E-state index >= 15 is 8.78 Å². The lowest BCUT2D eigenvalue weighted by atomic mass is 9.56. The van der Waals surface area contributed by atoms with Gasteiger partial charge in [-0.2, -0.15) is 0 Å². The first kappa shape index (κ1) is 38.5. The highest BCUT2D eigenvalue weighted by atomic mass is 35.5. The molecule has 0 aromatic heterocycles. The van der Waals surface area contributed by atoms with E-state index in [9.17, 15) is 62.1 Å². The third-order valence-corrected chi connectivity index (χ3v) is 12.1. The molecular formula is C34H21Cl2F6N5O9. The molecule has 2 aliphatic carbocycles. The summed E-state index contributed by atoms with van der Waals surface area (Å²) in [5.74, 6) is -27.1. The molecule has 0 spiro atoms. The SMILES string of the molecule is CN(C)c1c([N+](=O)[O-])cc(N2C(=O)C3CC=C4C(CC5(Cl)C(=O)N(c6c(F)c(F)c(F)c(F)c6F)C(=O)C5(Cl)C4c4ccc(O)c(F)c4)C3C2=O)cc1[N+](=O)[O-]. The van der Waals surface area contributed by atoms with Crippen LogP contribution in [-0.2, 0) is 19.2 Å². The van der Waals surface area contributed by atoms with Gasteiger partial charge in [-0.25, -0.2) is 36.1 Å². The van der Waals surface area contributed by atoms with Gasteiger partial charge in [0, 0.05) is 32.1 Å². The van der Waals surface area contributed by atoms with E-state index < -0.39 is 147 Å². The van der Waals surface area contributed by atoms with Gasteiger partial charge in [0.25, 0.3) is 11.8 Å². The van der Waals surface area contributed by atoms with Crippen molar-refractivity contribution in [2.75, 3.05) is 28.8 Å². The smallest absolute Gasteiger partial charge is 0.301 e. The Morgan fingerprint density at radius 3 is 1.88 bits per heavy atom. The minimum absolute atomic E-state index is 0.0639. The highest BCUT2D eigenvalue weighted by molar-refractivity contribution is 6.58. The minimum atomic E-state index is -2.97. The molecule has 0 radical (unpaired) electrons. The maximum Gasteiger partial charge on any atom is 0.301 e. The lowest BCUT2D eigenvalue weighted by molar-refractivity contribution is -0.392. The largest absolute Gasteiger partial charge is 0.505 e. The normalized spacial score (nSPS) is 26.9. The fourth-order valence-corrected chi connectivity index (χ4v) is 9.29. The average Bonchev–Trinajstić information content (AvgIpc) is 3.48. The number of nitrogens with zero attached hydrogens (tertiary/aromatic N) is 5. The Balaban J connectivity index is 1.42. The molecule has 2 heterocycles. The van der Waals surface area contributed by atoms with Gasteiger partial charge in [0.15, 0.2) is 50.3 Å². The van der Waals surface area contributed by atoms with E-state index in [1.54, 1.807) is 0 Å². The zero-order chi connectivity index (χ0) is 41.2. The number of allylic oxidation sites excluding steroid dienone is 2. The topological polar surface area (TPSA) is 185 Å². The van der Waals surface area contributed by atoms with Crippen molar-refractivity contribution in [1.82, 2.24) is 0 Å². The van der Waals surface area contributed by atoms with Crippen molar-refractivity contribution >= 4 is 75.3 Å². The number of amides is 4. The number of hydrogen-bond donors (Lipinski definition) is 1. The molecule has 7 rings (SSSR count). The van der Waals surface area contributed by atoms with E-state index in [1.165, 1.54) is 20.2 Å². The summed E-state index contributed by atoms with van der Waals surface area (Å²) in [6, 6.07) is 4.02. The fraction of sp³-hybridized carbons (Fsp3) is 0.294. The monoisotopic (exact) mass is 827 g/mol. The van der Waals surface area contributed by atoms with E-state index in [-0.39, 0.29) is 17.6 Å². The summed E-state index contributed by atoms with van der Waals surface area (Å²) in [5.41, 5.74) is -5.17. The Morgan fingerprint density at radius 1 is 0.804 bits per heavy atom. The fourth-order valence-electron chi connectivity index (χ4n) is 8.35. The average molecular weight is 828 g/mol. The van der Waals surface area contributed by atoms with Crippen LogP contribution < -0.4 is 14.7 Å². The zero-order valence-corrected chi connectivity index (χ0v) is 29.7. The van der Waals surface area contributed by atoms with Crippen molar-refractivity contribution in [3.8, 4) is 5.75 Å². The standard InChI is InChI=1S/C34H21Cl2F6N5O9/c1-43(2)27-17(46(53)54)8-12(9-18(27)47(55)56)44-29(49)14-5-4-13-15(20(14)30(44)50)10-33(35)31(51)45(28-25(41)23(39)22(38)24(40)26(28)42)32(52)34(33,36)21(13)11-3-6-19(48)16(37)7-11/h3-4,6-9,14-15,20-21,48H,5,10H2,1-2H3. The molecule has 3 aromatic rings. The van der Waals surface area contributed by atoms with Gasteiger partial charge in [-0.1, -0.05) is 17.7 Å². The van der Waals surface area contributed by atoms with Crippen molar-refractivity contribution in [1.29, 1.82) is 0 Å². The molecule has 6 atom stereocenters. The van der Waals surface area contributed by atoms with Crippen molar-refractivity contribution in [3.63, 3.8) is 0 Å². The number of phenolic OH excluding ortho intramolecular Hbond substituents is 1. The number of halogens is 8. The lowest BCUT2D eigenvalue weighted by Crippen LogP contribution is -2.60. The summed E-state index contributed by atoms with van der Waals surface area (Å²) < 4.78 is 88.3. The van der Waals surface area contributed by atoms with Crippen LogP contribution in [0.25, 0.3) is 0 Å². The van der Waals surface area contributed by atoms with Gasteiger partial charge in [0.2, 0.25) is 17.6 Å². The summed E-state index contributed by atoms with van der Waals surface area (Å²) >= 11 is 14.0. The van der Waals surface area contributed by atoms with Gasteiger partial charge in [-0.15, -0.1) is 23.2 Å². The van der Waals surface area contributed by atoms with Crippen LogP contribution in [0.1, 0.15) is 24.3 Å². The number of fused-ring (bicyclic) bond motifs is 4. The van der Waals surface area contributed by atoms with Crippen molar-refractivity contribution in [2.24, 2.45) is 17.8 Å². The van der Waals surface area contributed by atoms with Crippen LogP contribution in [0.5, 0.6) is 5.75 Å². The highest BCUT2D eigenvalue weighted by Gasteiger charge is 2.77. The summed E-state index contributed by atoms with van der Waals surface area (Å²) in [6.45, 7) is 0.